The smallest absolute Gasteiger partial charge is 0.137 e. The molecule has 96 valence electrons. The fourth-order valence-electron chi connectivity index (χ4n) is 2.08. The van der Waals surface area contributed by atoms with Crippen molar-refractivity contribution in [2.75, 3.05) is 5.32 Å². The quantitative estimate of drug-likeness (QED) is 0.767. The molecule has 5 heteroatoms. The fourth-order valence-corrected chi connectivity index (χ4v) is 2.28. The third-order valence-electron chi connectivity index (χ3n) is 3.06. The summed E-state index contributed by atoms with van der Waals surface area (Å²) in [6.07, 6.45) is 1.76. The van der Waals surface area contributed by atoms with Gasteiger partial charge in [0.1, 0.15) is 5.82 Å². The summed E-state index contributed by atoms with van der Waals surface area (Å²) in [6, 6.07) is 9.69. The number of aromatic nitrogens is 3. The van der Waals surface area contributed by atoms with Gasteiger partial charge in [0.05, 0.1) is 16.6 Å². The fraction of sp³-hybridized carbons (Fsp3) is 0.143. The molecule has 19 heavy (non-hydrogen) atoms. The van der Waals surface area contributed by atoms with Crippen molar-refractivity contribution in [1.82, 2.24) is 15.2 Å². The zero-order chi connectivity index (χ0) is 13.2. The molecule has 0 aliphatic heterocycles. The number of anilines is 1. The topological polar surface area (TPSA) is 53.6 Å². The lowest BCUT2D eigenvalue weighted by molar-refractivity contribution is 1.07. The van der Waals surface area contributed by atoms with Crippen LogP contribution in [-0.2, 0) is 6.54 Å². The van der Waals surface area contributed by atoms with Gasteiger partial charge in [0.2, 0.25) is 0 Å². The van der Waals surface area contributed by atoms with E-state index in [0.29, 0.717) is 6.54 Å². The van der Waals surface area contributed by atoms with Crippen molar-refractivity contribution in [3.8, 4) is 0 Å². The Morgan fingerprint density at radius 3 is 2.95 bits per heavy atom. The van der Waals surface area contributed by atoms with Crippen LogP contribution < -0.4 is 5.32 Å². The molecule has 0 amide bonds. The van der Waals surface area contributed by atoms with Crippen LogP contribution in [0.25, 0.3) is 10.9 Å². The molecule has 1 aromatic carbocycles. The maximum Gasteiger partial charge on any atom is 0.137 e. The maximum atomic E-state index is 6.14. The molecule has 3 aromatic rings. The molecule has 0 saturated heterocycles. The number of pyridine rings is 1. The van der Waals surface area contributed by atoms with E-state index in [1.165, 1.54) is 0 Å². The number of hydrogen-bond donors (Lipinski definition) is 2. The summed E-state index contributed by atoms with van der Waals surface area (Å²) in [5, 5.41) is 12.3. The Balaban J connectivity index is 1.90. The summed E-state index contributed by atoms with van der Waals surface area (Å²) >= 11 is 6.14. The summed E-state index contributed by atoms with van der Waals surface area (Å²) in [7, 11) is 0. The molecule has 0 saturated carbocycles. The minimum Gasteiger partial charge on any atom is -0.365 e. The van der Waals surface area contributed by atoms with Crippen LogP contribution in [0.1, 0.15) is 11.3 Å². The lowest BCUT2D eigenvalue weighted by atomic mass is 10.2. The highest BCUT2D eigenvalue weighted by molar-refractivity contribution is 6.31. The number of fused-ring (bicyclic) bond motifs is 1. The number of hydrogen-bond acceptors (Lipinski definition) is 3. The number of rotatable bonds is 3. The number of nitrogens with zero attached hydrogens (tertiary/aromatic N) is 2. The van der Waals surface area contributed by atoms with E-state index < -0.39 is 0 Å². The van der Waals surface area contributed by atoms with E-state index in [1.54, 1.807) is 6.20 Å². The molecular formula is C14H13ClN4. The molecule has 4 nitrogen and oxygen atoms in total. The first-order valence-electron chi connectivity index (χ1n) is 6.02. The van der Waals surface area contributed by atoms with Gasteiger partial charge >= 0.3 is 0 Å². The zero-order valence-electron chi connectivity index (χ0n) is 10.4. The Morgan fingerprint density at radius 1 is 1.26 bits per heavy atom. The van der Waals surface area contributed by atoms with E-state index in [4.69, 9.17) is 11.6 Å². The van der Waals surface area contributed by atoms with Gasteiger partial charge in [-0.25, -0.2) is 4.98 Å². The van der Waals surface area contributed by atoms with Crippen molar-refractivity contribution in [1.29, 1.82) is 0 Å². The summed E-state index contributed by atoms with van der Waals surface area (Å²) in [6.45, 7) is 2.59. The Hall–Kier alpha value is -2.07. The third kappa shape index (κ3) is 2.27. The van der Waals surface area contributed by atoms with Crippen LogP contribution in [-0.4, -0.2) is 15.2 Å². The van der Waals surface area contributed by atoms with Crippen LogP contribution in [0.5, 0.6) is 0 Å². The van der Waals surface area contributed by atoms with Crippen LogP contribution >= 0.6 is 11.6 Å². The van der Waals surface area contributed by atoms with E-state index in [9.17, 15) is 0 Å². The molecule has 0 bridgehead atoms. The highest BCUT2D eigenvalue weighted by Gasteiger charge is 2.08. The van der Waals surface area contributed by atoms with E-state index in [1.807, 2.05) is 37.3 Å². The number of aryl methyl sites for hydroxylation is 1. The number of H-pyrrole nitrogens is 1. The first-order chi connectivity index (χ1) is 9.25. The lowest BCUT2D eigenvalue weighted by Crippen LogP contribution is -2.02. The molecule has 2 aromatic heterocycles. The van der Waals surface area contributed by atoms with Crippen molar-refractivity contribution in [2.45, 2.75) is 13.5 Å². The largest absolute Gasteiger partial charge is 0.365 e. The predicted molar refractivity (Wildman–Crippen MR) is 77.4 cm³/mol. The molecule has 2 heterocycles. The molecular weight excluding hydrogens is 260 g/mol. The number of aromatic amines is 1. The molecule has 0 fully saturated rings. The highest BCUT2D eigenvalue weighted by Crippen LogP contribution is 2.23. The minimum atomic E-state index is 0.635. The Morgan fingerprint density at radius 2 is 2.11 bits per heavy atom. The molecule has 0 aliphatic rings. The van der Waals surface area contributed by atoms with Crippen LogP contribution in [0, 0.1) is 6.92 Å². The zero-order valence-corrected chi connectivity index (χ0v) is 11.2. The van der Waals surface area contributed by atoms with Gasteiger partial charge in [-0.1, -0.05) is 29.8 Å². The second-order valence-electron chi connectivity index (χ2n) is 4.34. The van der Waals surface area contributed by atoms with Crippen molar-refractivity contribution >= 4 is 28.3 Å². The van der Waals surface area contributed by atoms with Crippen LogP contribution in [0.15, 0.2) is 36.5 Å². The average molecular weight is 273 g/mol. The second-order valence-corrected chi connectivity index (χ2v) is 4.74. The molecule has 0 unspecified atom stereocenters. The standard InChI is InChI=1S/C14H13ClN4/c1-9-13-12(19-18-9)6-7-16-14(13)17-8-10-4-2-3-5-11(10)15/h2-7H,8H2,1H3,(H,16,17)(H,18,19). The maximum absolute atomic E-state index is 6.14. The lowest BCUT2D eigenvalue weighted by Gasteiger charge is -2.08. The molecule has 2 N–H and O–H groups in total. The molecule has 0 spiro atoms. The first-order valence-corrected chi connectivity index (χ1v) is 6.40. The van der Waals surface area contributed by atoms with Gasteiger partial charge in [0, 0.05) is 17.8 Å². The highest BCUT2D eigenvalue weighted by atomic mass is 35.5. The summed E-state index contributed by atoms with van der Waals surface area (Å²) < 4.78 is 0. The average Bonchev–Trinajstić information content (AvgIpc) is 2.80. The third-order valence-corrected chi connectivity index (χ3v) is 3.43. The van der Waals surface area contributed by atoms with Gasteiger partial charge in [0.25, 0.3) is 0 Å². The number of nitrogens with one attached hydrogen (secondary N) is 2. The summed E-state index contributed by atoms with van der Waals surface area (Å²) in [5.74, 6) is 0.823. The van der Waals surface area contributed by atoms with E-state index in [2.05, 4.69) is 20.5 Å². The monoisotopic (exact) mass is 272 g/mol. The van der Waals surface area contributed by atoms with Gasteiger partial charge in [-0.2, -0.15) is 5.10 Å². The normalized spacial score (nSPS) is 10.8. The van der Waals surface area contributed by atoms with Crippen molar-refractivity contribution in [2.24, 2.45) is 0 Å². The van der Waals surface area contributed by atoms with E-state index in [-0.39, 0.29) is 0 Å². The van der Waals surface area contributed by atoms with Gasteiger partial charge in [0.15, 0.2) is 0 Å². The Kier molecular flexibility index (Phi) is 3.09. The van der Waals surface area contributed by atoms with Crippen molar-refractivity contribution < 1.29 is 0 Å². The van der Waals surface area contributed by atoms with Gasteiger partial charge in [-0.15, -0.1) is 0 Å². The SMILES string of the molecule is Cc1n[nH]c2ccnc(NCc3ccccc3Cl)c12. The number of benzene rings is 1. The molecule has 3 rings (SSSR count). The molecule has 0 atom stereocenters. The Labute approximate surface area is 115 Å². The van der Waals surface area contributed by atoms with Crippen LogP contribution in [0.2, 0.25) is 5.02 Å². The van der Waals surface area contributed by atoms with Crippen LogP contribution in [0.4, 0.5) is 5.82 Å². The molecule has 0 radical (unpaired) electrons. The van der Waals surface area contributed by atoms with Gasteiger partial charge in [-0.05, 0) is 24.6 Å². The van der Waals surface area contributed by atoms with Crippen molar-refractivity contribution in [3.63, 3.8) is 0 Å². The van der Waals surface area contributed by atoms with E-state index in [0.717, 1.165) is 33.0 Å². The number of halogens is 1. The van der Waals surface area contributed by atoms with Crippen molar-refractivity contribution in [3.05, 3.63) is 52.8 Å². The van der Waals surface area contributed by atoms with Crippen LogP contribution in [0.3, 0.4) is 0 Å². The minimum absolute atomic E-state index is 0.635. The summed E-state index contributed by atoms with van der Waals surface area (Å²) in [5.41, 5.74) is 2.96. The molecule has 0 aliphatic carbocycles. The van der Waals surface area contributed by atoms with Gasteiger partial charge < -0.3 is 5.32 Å². The van der Waals surface area contributed by atoms with E-state index >= 15 is 0 Å². The second kappa shape index (κ2) is 4.90. The Bertz CT molecular complexity index is 720. The summed E-state index contributed by atoms with van der Waals surface area (Å²) in [4.78, 5) is 4.37. The first kappa shape index (κ1) is 12.0. The predicted octanol–water partition coefficient (Wildman–Crippen LogP) is 3.53. The van der Waals surface area contributed by atoms with Gasteiger partial charge in [-0.3, -0.25) is 5.10 Å².